The molecular weight excluding hydrogens is 270 g/mol. The van der Waals surface area contributed by atoms with Crippen LogP contribution in [0.5, 0.6) is 17.2 Å². The normalized spacial score (nSPS) is 16.5. The Kier molecular flexibility index (Phi) is 3.39. The van der Waals surface area contributed by atoms with Gasteiger partial charge in [-0.25, -0.2) is 0 Å². The zero-order chi connectivity index (χ0) is 14.8. The van der Waals surface area contributed by atoms with Crippen LogP contribution >= 0.6 is 0 Å². The van der Waals surface area contributed by atoms with Gasteiger partial charge in [0.2, 0.25) is 0 Å². The summed E-state index contributed by atoms with van der Waals surface area (Å²) >= 11 is 0. The fourth-order valence-corrected chi connectivity index (χ4v) is 2.28. The lowest BCUT2D eigenvalue weighted by atomic mass is 10.1. The Morgan fingerprint density at radius 1 is 1.05 bits per heavy atom. The van der Waals surface area contributed by atoms with E-state index in [4.69, 9.17) is 14.2 Å². The standard InChI is InChI=1S/C16H15NO4/c1-19-13-8-7-10(9-14(13)20-2)16-17-15(18)11-5-3-4-6-12(11)21-16/h3-9,16H,1-2H3,(H,17,18)/t16-/m0/s1. The third-order valence-electron chi connectivity index (χ3n) is 3.35. The number of hydrogen-bond acceptors (Lipinski definition) is 4. The van der Waals surface area contributed by atoms with Crippen molar-refractivity contribution in [2.75, 3.05) is 14.2 Å². The molecule has 0 spiro atoms. The molecule has 1 N–H and O–H groups in total. The predicted molar refractivity (Wildman–Crippen MR) is 76.8 cm³/mol. The largest absolute Gasteiger partial charge is 0.493 e. The molecule has 2 aromatic carbocycles. The molecule has 108 valence electrons. The van der Waals surface area contributed by atoms with Gasteiger partial charge in [0, 0.05) is 5.56 Å². The summed E-state index contributed by atoms with van der Waals surface area (Å²) in [5, 5.41) is 2.82. The summed E-state index contributed by atoms with van der Waals surface area (Å²) in [6.45, 7) is 0. The monoisotopic (exact) mass is 285 g/mol. The zero-order valence-electron chi connectivity index (χ0n) is 11.8. The van der Waals surface area contributed by atoms with Crippen LogP contribution in [0.3, 0.4) is 0 Å². The Labute approximate surface area is 122 Å². The van der Waals surface area contributed by atoms with E-state index in [2.05, 4.69) is 5.32 Å². The van der Waals surface area contributed by atoms with Crippen molar-refractivity contribution in [2.45, 2.75) is 6.23 Å². The summed E-state index contributed by atoms with van der Waals surface area (Å²) in [5.41, 5.74) is 1.32. The molecule has 1 aliphatic rings. The van der Waals surface area contributed by atoms with E-state index >= 15 is 0 Å². The van der Waals surface area contributed by atoms with Gasteiger partial charge in [-0.15, -0.1) is 0 Å². The lowest BCUT2D eigenvalue weighted by Crippen LogP contribution is -2.36. The van der Waals surface area contributed by atoms with Crippen molar-refractivity contribution >= 4 is 5.91 Å². The van der Waals surface area contributed by atoms with Gasteiger partial charge in [0.15, 0.2) is 17.7 Å². The molecule has 0 aliphatic carbocycles. The summed E-state index contributed by atoms with van der Waals surface area (Å²) in [6, 6.07) is 12.6. The smallest absolute Gasteiger partial charge is 0.258 e. The maximum absolute atomic E-state index is 12.1. The number of para-hydroxylation sites is 1. The molecule has 1 atom stereocenters. The van der Waals surface area contributed by atoms with E-state index in [1.807, 2.05) is 12.1 Å². The Balaban J connectivity index is 1.94. The number of rotatable bonds is 3. The summed E-state index contributed by atoms with van der Waals surface area (Å²) in [4.78, 5) is 12.1. The van der Waals surface area contributed by atoms with E-state index in [1.54, 1.807) is 44.6 Å². The fraction of sp³-hybridized carbons (Fsp3) is 0.188. The third kappa shape index (κ3) is 2.38. The molecule has 1 aliphatic heterocycles. The van der Waals surface area contributed by atoms with E-state index in [0.29, 0.717) is 22.8 Å². The summed E-state index contributed by atoms with van der Waals surface area (Å²) in [6.07, 6.45) is -0.549. The fourth-order valence-electron chi connectivity index (χ4n) is 2.28. The van der Waals surface area contributed by atoms with Crippen molar-refractivity contribution in [1.82, 2.24) is 5.32 Å². The molecule has 5 nitrogen and oxygen atoms in total. The maximum Gasteiger partial charge on any atom is 0.258 e. The Morgan fingerprint density at radius 3 is 2.57 bits per heavy atom. The van der Waals surface area contributed by atoms with Crippen LogP contribution in [0.4, 0.5) is 0 Å². The molecule has 0 saturated carbocycles. The van der Waals surface area contributed by atoms with Crippen molar-refractivity contribution in [2.24, 2.45) is 0 Å². The van der Waals surface area contributed by atoms with Gasteiger partial charge in [0.05, 0.1) is 19.8 Å². The van der Waals surface area contributed by atoms with E-state index in [0.717, 1.165) is 5.56 Å². The second-order valence-electron chi connectivity index (χ2n) is 4.58. The first kappa shape index (κ1) is 13.3. The number of hydrogen-bond donors (Lipinski definition) is 1. The molecule has 1 heterocycles. The molecule has 3 rings (SSSR count). The second-order valence-corrected chi connectivity index (χ2v) is 4.58. The van der Waals surface area contributed by atoms with Crippen LogP contribution < -0.4 is 19.5 Å². The van der Waals surface area contributed by atoms with Crippen LogP contribution in [0.15, 0.2) is 42.5 Å². The lowest BCUT2D eigenvalue weighted by Gasteiger charge is -2.27. The summed E-state index contributed by atoms with van der Waals surface area (Å²) < 4.78 is 16.3. The van der Waals surface area contributed by atoms with Gasteiger partial charge >= 0.3 is 0 Å². The predicted octanol–water partition coefficient (Wildman–Crippen LogP) is 2.52. The first-order valence-corrected chi connectivity index (χ1v) is 6.51. The first-order valence-electron chi connectivity index (χ1n) is 6.51. The van der Waals surface area contributed by atoms with Gasteiger partial charge in [-0.3, -0.25) is 4.79 Å². The third-order valence-corrected chi connectivity index (χ3v) is 3.35. The van der Waals surface area contributed by atoms with Gasteiger partial charge in [0.1, 0.15) is 5.75 Å². The van der Waals surface area contributed by atoms with Crippen LogP contribution in [-0.4, -0.2) is 20.1 Å². The quantitative estimate of drug-likeness (QED) is 0.941. The highest BCUT2D eigenvalue weighted by Crippen LogP contribution is 2.33. The highest BCUT2D eigenvalue weighted by atomic mass is 16.5. The number of nitrogens with one attached hydrogen (secondary N) is 1. The Hall–Kier alpha value is -2.69. The van der Waals surface area contributed by atoms with Crippen molar-refractivity contribution < 1.29 is 19.0 Å². The number of ether oxygens (including phenoxy) is 3. The highest BCUT2D eigenvalue weighted by Gasteiger charge is 2.26. The Morgan fingerprint density at radius 2 is 1.81 bits per heavy atom. The van der Waals surface area contributed by atoms with Crippen molar-refractivity contribution in [3.8, 4) is 17.2 Å². The molecule has 0 unspecified atom stereocenters. The van der Waals surface area contributed by atoms with Crippen molar-refractivity contribution in [3.05, 3.63) is 53.6 Å². The number of fused-ring (bicyclic) bond motifs is 1. The lowest BCUT2D eigenvalue weighted by molar-refractivity contribution is 0.0755. The molecule has 0 aromatic heterocycles. The van der Waals surface area contributed by atoms with Crippen LogP contribution in [0, 0.1) is 0 Å². The second kappa shape index (κ2) is 5.36. The first-order chi connectivity index (χ1) is 10.2. The number of carbonyl (C=O) groups excluding carboxylic acids is 1. The van der Waals surface area contributed by atoms with Gasteiger partial charge in [-0.05, 0) is 30.3 Å². The molecule has 2 aromatic rings. The number of amides is 1. The topological polar surface area (TPSA) is 56.8 Å². The van der Waals surface area contributed by atoms with Crippen molar-refractivity contribution in [3.63, 3.8) is 0 Å². The number of carbonyl (C=O) groups is 1. The molecule has 5 heteroatoms. The molecule has 0 radical (unpaired) electrons. The molecule has 1 amide bonds. The van der Waals surface area contributed by atoms with E-state index in [-0.39, 0.29) is 5.91 Å². The van der Waals surface area contributed by atoms with E-state index < -0.39 is 6.23 Å². The van der Waals surface area contributed by atoms with Gasteiger partial charge in [-0.2, -0.15) is 0 Å². The van der Waals surface area contributed by atoms with Crippen molar-refractivity contribution in [1.29, 1.82) is 0 Å². The number of methoxy groups -OCH3 is 2. The highest BCUT2D eigenvalue weighted by molar-refractivity contribution is 5.98. The molecule has 21 heavy (non-hydrogen) atoms. The summed E-state index contributed by atoms with van der Waals surface area (Å²) in [5.74, 6) is 1.63. The maximum atomic E-state index is 12.1. The minimum atomic E-state index is -0.549. The van der Waals surface area contributed by atoms with Crippen LogP contribution in [-0.2, 0) is 0 Å². The number of benzene rings is 2. The molecule has 0 saturated heterocycles. The van der Waals surface area contributed by atoms with Gasteiger partial charge < -0.3 is 19.5 Å². The molecular formula is C16H15NO4. The Bertz CT molecular complexity index is 684. The average Bonchev–Trinajstić information content (AvgIpc) is 2.54. The SMILES string of the molecule is COc1ccc([C@H]2NC(=O)c3ccccc3O2)cc1OC. The molecule has 0 bridgehead atoms. The molecule has 0 fully saturated rings. The van der Waals surface area contributed by atoms with Crippen LogP contribution in [0.25, 0.3) is 0 Å². The van der Waals surface area contributed by atoms with E-state index in [9.17, 15) is 4.79 Å². The minimum Gasteiger partial charge on any atom is -0.493 e. The zero-order valence-corrected chi connectivity index (χ0v) is 11.8. The van der Waals surface area contributed by atoms with Crippen LogP contribution in [0.1, 0.15) is 22.1 Å². The minimum absolute atomic E-state index is 0.156. The van der Waals surface area contributed by atoms with Gasteiger partial charge in [-0.1, -0.05) is 12.1 Å². The average molecular weight is 285 g/mol. The van der Waals surface area contributed by atoms with E-state index in [1.165, 1.54) is 0 Å². The van der Waals surface area contributed by atoms with Gasteiger partial charge in [0.25, 0.3) is 5.91 Å². The van der Waals surface area contributed by atoms with Crippen LogP contribution in [0.2, 0.25) is 0 Å². The summed E-state index contributed by atoms with van der Waals surface area (Å²) in [7, 11) is 3.14.